The fourth-order valence-corrected chi connectivity index (χ4v) is 2.61. The Kier molecular flexibility index (Phi) is 4.99. The lowest BCUT2D eigenvalue weighted by molar-refractivity contribution is -0.122. The van der Waals surface area contributed by atoms with Crippen molar-refractivity contribution in [3.05, 3.63) is 40.8 Å². The van der Waals surface area contributed by atoms with Crippen LogP contribution in [0.3, 0.4) is 0 Å². The van der Waals surface area contributed by atoms with Crippen LogP contribution in [-0.4, -0.2) is 60.0 Å². The summed E-state index contributed by atoms with van der Waals surface area (Å²) in [6.07, 6.45) is 1.61. The number of hydrogen-bond donors (Lipinski definition) is 1. The predicted octanol–water partition coefficient (Wildman–Crippen LogP) is -0.155. The smallest absolute Gasteiger partial charge is 0.275 e. The summed E-state index contributed by atoms with van der Waals surface area (Å²) in [5.41, 5.74) is -0.244. The Hall–Kier alpha value is -2.25. The first kappa shape index (κ1) is 15.6. The highest BCUT2D eigenvalue weighted by Gasteiger charge is 2.11. The van der Waals surface area contributed by atoms with Gasteiger partial charge in [0.2, 0.25) is 5.91 Å². The van der Waals surface area contributed by atoms with Crippen LogP contribution in [0.4, 0.5) is 0 Å². The van der Waals surface area contributed by atoms with E-state index in [0.29, 0.717) is 11.9 Å². The molecular formula is C16H20N4O3. The van der Waals surface area contributed by atoms with Crippen molar-refractivity contribution >= 4 is 16.7 Å². The van der Waals surface area contributed by atoms with Crippen molar-refractivity contribution in [3.8, 4) is 0 Å². The minimum atomic E-state index is -0.244. The zero-order chi connectivity index (χ0) is 16.1. The number of carbonyl (C=O) groups excluding carboxylic acids is 1. The highest BCUT2D eigenvalue weighted by molar-refractivity contribution is 5.81. The number of benzene rings is 1. The van der Waals surface area contributed by atoms with E-state index in [1.165, 1.54) is 4.68 Å². The number of hydrogen-bond acceptors (Lipinski definition) is 5. The summed E-state index contributed by atoms with van der Waals surface area (Å²) in [5, 5.41) is 8.25. The topological polar surface area (TPSA) is 76.5 Å². The van der Waals surface area contributed by atoms with E-state index in [1.54, 1.807) is 18.3 Å². The summed E-state index contributed by atoms with van der Waals surface area (Å²) in [4.78, 5) is 26.5. The molecule has 2 aromatic rings. The van der Waals surface area contributed by atoms with Crippen molar-refractivity contribution < 1.29 is 9.53 Å². The van der Waals surface area contributed by atoms with Gasteiger partial charge >= 0.3 is 0 Å². The first-order valence-electron chi connectivity index (χ1n) is 7.76. The Morgan fingerprint density at radius 2 is 2.04 bits per heavy atom. The maximum Gasteiger partial charge on any atom is 0.275 e. The molecular weight excluding hydrogens is 296 g/mol. The first-order valence-corrected chi connectivity index (χ1v) is 7.76. The van der Waals surface area contributed by atoms with E-state index in [1.807, 2.05) is 12.1 Å². The molecule has 7 nitrogen and oxygen atoms in total. The molecule has 0 saturated carbocycles. The Morgan fingerprint density at radius 3 is 2.87 bits per heavy atom. The molecule has 1 amide bonds. The lowest BCUT2D eigenvalue weighted by Gasteiger charge is -2.26. The molecule has 0 aliphatic carbocycles. The molecule has 122 valence electrons. The van der Waals surface area contributed by atoms with Gasteiger partial charge in [-0.15, -0.1) is 0 Å². The van der Waals surface area contributed by atoms with Crippen LogP contribution in [-0.2, 0) is 16.1 Å². The van der Waals surface area contributed by atoms with E-state index in [9.17, 15) is 9.59 Å². The molecule has 0 bridgehead atoms. The molecule has 0 unspecified atom stereocenters. The molecule has 0 spiro atoms. The number of aromatic nitrogens is 2. The normalized spacial score (nSPS) is 15.7. The molecule has 0 atom stereocenters. The molecule has 1 aromatic carbocycles. The van der Waals surface area contributed by atoms with Crippen LogP contribution in [0, 0.1) is 0 Å². The van der Waals surface area contributed by atoms with Gasteiger partial charge < -0.3 is 10.1 Å². The van der Waals surface area contributed by atoms with Gasteiger partial charge in [-0.1, -0.05) is 18.2 Å². The van der Waals surface area contributed by atoms with E-state index in [-0.39, 0.29) is 18.0 Å². The Balaban J connectivity index is 1.55. The predicted molar refractivity (Wildman–Crippen MR) is 86.3 cm³/mol. The summed E-state index contributed by atoms with van der Waals surface area (Å²) in [6.45, 7) is 4.54. The Morgan fingerprint density at radius 1 is 1.26 bits per heavy atom. The van der Waals surface area contributed by atoms with Crippen LogP contribution >= 0.6 is 0 Å². The van der Waals surface area contributed by atoms with Gasteiger partial charge in [-0.25, -0.2) is 4.68 Å². The summed E-state index contributed by atoms with van der Waals surface area (Å²) in [7, 11) is 0. The highest BCUT2D eigenvalue weighted by atomic mass is 16.5. The second-order valence-corrected chi connectivity index (χ2v) is 5.50. The van der Waals surface area contributed by atoms with Gasteiger partial charge in [0.1, 0.15) is 6.54 Å². The van der Waals surface area contributed by atoms with Crippen LogP contribution in [0.15, 0.2) is 35.3 Å². The van der Waals surface area contributed by atoms with Crippen molar-refractivity contribution in [2.24, 2.45) is 0 Å². The molecule has 1 aromatic heterocycles. The van der Waals surface area contributed by atoms with Crippen LogP contribution in [0.2, 0.25) is 0 Å². The SMILES string of the molecule is O=C(Cn1ncc2ccccc2c1=O)NCCN1CCOCC1. The zero-order valence-corrected chi connectivity index (χ0v) is 12.9. The molecule has 1 fully saturated rings. The van der Waals surface area contributed by atoms with Crippen molar-refractivity contribution in [2.45, 2.75) is 6.54 Å². The summed E-state index contributed by atoms with van der Waals surface area (Å²) < 4.78 is 6.48. The molecule has 1 saturated heterocycles. The van der Waals surface area contributed by atoms with E-state index < -0.39 is 0 Å². The van der Waals surface area contributed by atoms with Crippen molar-refractivity contribution in [1.82, 2.24) is 20.0 Å². The minimum absolute atomic E-state index is 0.0627. The number of nitrogens with zero attached hydrogens (tertiary/aromatic N) is 3. The average Bonchev–Trinajstić information content (AvgIpc) is 2.59. The quantitative estimate of drug-likeness (QED) is 0.830. The summed E-state index contributed by atoms with van der Waals surface area (Å²) in [6, 6.07) is 7.23. The molecule has 2 heterocycles. The van der Waals surface area contributed by atoms with Crippen molar-refractivity contribution in [3.63, 3.8) is 0 Å². The monoisotopic (exact) mass is 316 g/mol. The first-order chi connectivity index (χ1) is 11.2. The molecule has 23 heavy (non-hydrogen) atoms. The van der Waals surface area contributed by atoms with Crippen LogP contribution in [0.5, 0.6) is 0 Å². The van der Waals surface area contributed by atoms with E-state index in [0.717, 1.165) is 38.2 Å². The standard InChI is InChI=1S/C16H20N4O3/c21-15(17-5-6-19-7-9-23-10-8-19)12-20-16(22)14-4-2-1-3-13(14)11-18-20/h1-4,11H,5-10,12H2,(H,17,21). The maximum absolute atomic E-state index is 12.3. The van der Waals surface area contributed by atoms with Gasteiger partial charge in [-0.3, -0.25) is 14.5 Å². The molecule has 7 heteroatoms. The van der Waals surface area contributed by atoms with Crippen LogP contribution < -0.4 is 10.9 Å². The second-order valence-electron chi connectivity index (χ2n) is 5.50. The Labute approximate surface area is 133 Å². The van der Waals surface area contributed by atoms with Crippen molar-refractivity contribution in [2.75, 3.05) is 39.4 Å². The number of nitrogens with one attached hydrogen (secondary N) is 1. The zero-order valence-electron chi connectivity index (χ0n) is 12.9. The van der Waals surface area contributed by atoms with Gasteiger partial charge in [-0.2, -0.15) is 5.10 Å². The van der Waals surface area contributed by atoms with Crippen LogP contribution in [0.1, 0.15) is 0 Å². The van der Waals surface area contributed by atoms with Crippen LogP contribution in [0.25, 0.3) is 10.8 Å². The molecule has 0 radical (unpaired) electrons. The summed E-state index contributed by atoms with van der Waals surface area (Å²) in [5.74, 6) is -0.205. The lowest BCUT2D eigenvalue weighted by atomic mass is 10.2. The minimum Gasteiger partial charge on any atom is -0.379 e. The maximum atomic E-state index is 12.3. The van der Waals surface area contributed by atoms with Gasteiger partial charge in [0.05, 0.1) is 24.8 Å². The third-order valence-electron chi connectivity index (χ3n) is 3.91. The number of carbonyl (C=O) groups is 1. The largest absolute Gasteiger partial charge is 0.379 e. The van der Waals surface area contributed by atoms with E-state index >= 15 is 0 Å². The number of amides is 1. The highest BCUT2D eigenvalue weighted by Crippen LogP contribution is 2.06. The number of ether oxygens (including phenoxy) is 1. The molecule has 1 aliphatic heterocycles. The fourth-order valence-electron chi connectivity index (χ4n) is 2.61. The van der Waals surface area contributed by atoms with Gasteiger partial charge in [-0.05, 0) is 6.07 Å². The Bertz CT molecular complexity index is 737. The fraction of sp³-hybridized carbons (Fsp3) is 0.438. The molecule has 3 rings (SSSR count). The number of fused-ring (bicyclic) bond motifs is 1. The molecule has 1 aliphatic rings. The third kappa shape index (κ3) is 3.94. The number of rotatable bonds is 5. The second kappa shape index (κ2) is 7.34. The molecule has 1 N–H and O–H groups in total. The number of morpholine rings is 1. The van der Waals surface area contributed by atoms with Gasteiger partial charge in [0.15, 0.2) is 0 Å². The third-order valence-corrected chi connectivity index (χ3v) is 3.91. The van der Waals surface area contributed by atoms with Gasteiger partial charge in [0, 0.05) is 31.6 Å². The summed E-state index contributed by atoms with van der Waals surface area (Å²) >= 11 is 0. The van der Waals surface area contributed by atoms with E-state index in [2.05, 4.69) is 15.3 Å². The van der Waals surface area contributed by atoms with Gasteiger partial charge in [0.25, 0.3) is 5.56 Å². The average molecular weight is 316 g/mol. The van der Waals surface area contributed by atoms with Crippen molar-refractivity contribution in [1.29, 1.82) is 0 Å². The lowest BCUT2D eigenvalue weighted by Crippen LogP contribution is -2.42. The van der Waals surface area contributed by atoms with E-state index in [4.69, 9.17) is 4.74 Å².